The monoisotopic (exact) mass is 304 g/mol. The summed E-state index contributed by atoms with van der Waals surface area (Å²) in [6.07, 6.45) is 0. The molecule has 1 rings (SSSR count). The first-order chi connectivity index (χ1) is 10.3. The van der Waals surface area contributed by atoms with E-state index in [-0.39, 0.29) is 5.91 Å². The molecule has 0 bridgehead atoms. The third-order valence-electron chi connectivity index (χ3n) is 3.53. The van der Waals surface area contributed by atoms with Crippen LogP contribution < -0.4 is 11.1 Å². The van der Waals surface area contributed by atoms with E-state index < -0.39 is 5.41 Å². The van der Waals surface area contributed by atoms with Gasteiger partial charge in [0, 0.05) is 20.1 Å². The number of nitrogens with zero attached hydrogens (tertiary/aromatic N) is 2. The van der Waals surface area contributed by atoms with Gasteiger partial charge < -0.3 is 16.0 Å². The van der Waals surface area contributed by atoms with Crippen LogP contribution in [0.1, 0.15) is 31.9 Å². The summed E-state index contributed by atoms with van der Waals surface area (Å²) in [5, 5.41) is 3.25. The van der Waals surface area contributed by atoms with E-state index in [1.165, 1.54) is 11.1 Å². The molecule has 0 aliphatic rings. The van der Waals surface area contributed by atoms with Gasteiger partial charge in [-0.3, -0.25) is 9.79 Å². The molecule has 0 aliphatic carbocycles. The van der Waals surface area contributed by atoms with Gasteiger partial charge in [0.15, 0.2) is 5.96 Å². The van der Waals surface area contributed by atoms with Gasteiger partial charge in [-0.05, 0) is 33.3 Å². The number of aryl methyl sites for hydroxylation is 1. The van der Waals surface area contributed by atoms with Crippen molar-refractivity contribution >= 4 is 11.9 Å². The minimum atomic E-state index is -0.647. The van der Waals surface area contributed by atoms with E-state index in [0.29, 0.717) is 6.54 Å². The van der Waals surface area contributed by atoms with Crippen molar-refractivity contribution in [1.82, 2.24) is 10.2 Å². The number of rotatable bonds is 6. The predicted molar refractivity (Wildman–Crippen MR) is 91.6 cm³/mol. The summed E-state index contributed by atoms with van der Waals surface area (Å²) in [6.45, 7) is 9.60. The molecule has 1 aromatic rings. The number of hydrogen-bond acceptors (Lipinski definition) is 2. The molecule has 0 unspecified atom stereocenters. The molecule has 22 heavy (non-hydrogen) atoms. The highest BCUT2D eigenvalue weighted by Gasteiger charge is 2.24. The van der Waals surface area contributed by atoms with Crippen molar-refractivity contribution in [3.63, 3.8) is 0 Å². The molecule has 122 valence electrons. The molecule has 0 fully saturated rings. The maximum absolute atomic E-state index is 11.4. The number of nitrogens with one attached hydrogen (secondary N) is 1. The fourth-order valence-electron chi connectivity index (χ4n) is 1.86. The lowest BCUT2D eigenvalue weighted by atomic mass is 9.93. The van der Waals surface area contributed by atoms with Crippen LogP contribution in [0, 0.1) is 12.3 Å². The second kappa shape index (κ2) is 7.82. The number of primary amides is 1. The van der Waals surface area contributed by atoms with Crippen LogP contribution in [0.25, 0.3) is 0 Å². The number of guanidine groups is 1. The molecule has 0 radical (unpaired) electrons. The third-order valence-corrected chi connectivity index (χ3v) is 3.53. The standard InChI is InChI=1S/C17H28N4O/c1-6-19-16(20-12-17(3,4)15(18)22)21(5)11-14-9-7-13(2)8-10-14/h7-10H,6,11-12H2,1-5H3,(H2,18,22)(H,19,20). The zero-order chi connectivity index (χ0) is 16.8. The summed E-state index contributed by atoms with van der Waals surface area (Å²) in [7, 11) is 1.98. The van der Waals surface area contributed by atoms with E-state index in [2.05, 4.69) is 41.5 Å². The molecule has 1 amide bonds. The molecule has 0 heterocycles. The van der Waals surface area contributed by atoms with Crippen LogP contribution in [-0.2, 0) is 11.3 Å². The topological polar surface area (TPSA) is 70.7 Å². The number of nitrogens with two attached hydrogens (primary N) is 1. The van der Waals surface area contributed by atoms with Gasteiger partial charge in [0.25, 0.3) is 0 Å². The Morgan fingerprint density at radius 2 is 1.91 bits per heavy atom. The molecule has 1 aromatic carbocycles. The van der Waals surface area contributed by atoms with E-state index in [1.807, 2.05) is 32.7 Å². The average molecular weight is 304 g/mol. The number of carbonyl (C=O) groups excluding carboxylic acids is 1. The van der Waals surface area contributed by atoms with Crippen molar-refractivity contribution in [2.45, 2.75) is 34.2 Å². The smallest absolute Gasteiger partial charge is 0.224 e. The van der Waals surface area contributed by atoms with Crippen LogP contribution in [0.5, 0.6) is 0 Å². The van der Waals surface area contributed by atoms with Gasteiger partial charge in [-0.25, -0.2) is 0 Å². The minimum Gasteiger partial charge on any atom is -0.369 e. The second-order valence-corrected chi connectivity index (χ2v) is 6.26. The van der Waals surface area contributed by atoms with Crippen LogP contribution in [0.15, 0.2) is 29.3 Å². The Morgan fingerprint density at radius 3 is 2.41 bits per heavy atom. The number of benzene rings is 1. The lowest BCUT2D eigenvalue weighted by molar-refractivity contribution is -0.125. The molecule has 0 aromatic heterocycles. The fraction of sp³-hybridized carbons (Fsp3) is 0.529. The van der Waals surface area contributed by atoms with Crippen LogP contribution in [0.2, 0.25) is 0 Å². The largest absolute Gasteiger partial charge is 0.369 e. The Balaban J connectivity index is 2.80. The van der Waals surface area contributed by atoms with Gasteiger partial charge >= 0.3 is 0 Å². The maximum atomic E-state index is 11.4. The Kier molecular flexibility index (Phi) is 6.40. The highest BCUT2D eigenvalue weighted by Crippen LogP contribution is 2.14. The average Bonchev–Trinajstić information content (AvgIpc) is 2.45. The lowest BCUT2D eigenvalue weighted by Gasteiger charge is -2.24. The Hall–Kier alpha value is -2.04. The minimum absolute atomic E-state index is 0.340. The molecule has 0 saturated heterocycles. The van der Waals surface area contributed by atoms with Gasteiger partial charge in [-0.1, -0.05) is 29.8 Å². The second-order valence-electron chi connectivity index (χ2n) is 6.26. The zero-order valence-corrected chi connectivity index (χ0v) is 14.3. The van der Waals surface area contributed by atoms with Gasteiger partial charge in [-0.15, -0.1) is 0 Å². The molecular formula is C17H28N4O. The van der Waals surface area contributed by atoms with Crippen molar-refractivity contribution in [3.8, 4) is 0 Å². The van der Waals surface area contributed by atoms with Crippen LogP contribution >= 0.6 is 0 Å². The number of aliphatic imine (C=N–C) groups is 1. The van der Waals surface area contributed by atoms with Crippen molar-refractivity contribution in [1.29, 1.82) is 0 Å². The highest BCUT2D eigenvalue weighted by atomic mass is 16.1. The van der Waals surface area contributed by atoms with E-state index in [0.717, 1.165) is 19.0 Å². The summed E-state index contributed by atoms with van der Waals surface area (Å²) in [6, 6.07) is 8.43. The van der Waals surface area contributed by atoms with Crippen LogP contribution in [0.3, 0.4) is 0 Å². The van der Waals surface area contributed by atoms with Gasteiger partial charge in [0.05, 0.1) is 12.0 Å². The third kappa shape index (κ3) is 5.39. The normalized spacial score (nSPS) is 12.1. The molecule has 5 nitrogen and oxygen atoms in total. The summed E-state index contributed by atoms with van der Waals surface area (Å²) in [5.41, 5.74) is 7.22. The Labute approximate surface area is 133 Å². The van der Waals surface area contributed by atoms with Gasteiger partial charge in [0.2, 0.25) is 5.91 Å². The first-order valence-electron chi connectivity index (χ1n) is 7.61. The van der Waals surface area contributed by atoms with E-state index in [1.54, 1.807) is 0 Å². The fourth-order valence-corrected chi connectivity index (χ4v) is 1.86. The molecular weight excluding hydrogens is 276 g/mol. The maximum Gasteiger partial charge on any atom is 0.224 e. The van der Waals surface area contributed by atoms with E-state index >= 15 is 0 Å². The van der Waals surface area contributed by atoms with Gasteiger partial charge in [0.1, 0.15) is 0 Å². The first kappa shape index (κ1) is 18.0. The first-order valence-corrected chi connectivity index (χ1v) is 7.61. The summed E-state index contributed by atoms with van der Waals surface area (Å²) < 4.78 is 0. The highest BCUT2D eigenvalue weighted by molar-refractivity contribution is 5.82. The van der Waals surface area contributed by atoms with Crippen molar-refractivity contribution < 1.29 is 4.79 Å². The zero-order valence-electron chi connectivity index (χ0n) is 14.3. The van der Waals surface area contributed by atoms with Crippen molar-refractivity contribution in [2.75, 3.05) is 20.1 Å². The molecule has 3 N–H and O–H groups in total. The molecule has 0 saturated carbocycles. The van der Waals surface area contributed by atoms with Crippen molar-refractivity contribution in [3.05, 3.63) is 35.4 Å². The quantitative estimate of drug-likeness (QED) is 0.623. The summed E-state index contributed by atoms with van der Waals surface area (Å²) in [5.74, 6) is 0.436. The number of carbonyl (C=O) groups is 1. The predicted octanol–water partition coefficient (Wildman–Crippen LogP) is 1.90. The molecule has 0 aliphatic heterocycles. The van der Waals surface area contributed by atoms with Gasteiger partial charge in [-0.2, -0.15) is 0 Å². The SMILES string of the molecule is CCNC(=NCC(C)(C)C(N)=O)N(C)Cc1ccc(C)cc1. The van der Waals surface area contributed by atoms with Crippen LogP contribution in [0.4, 0.5) is 0 Å². The number of amides is 1. The summed E-state index contributed by atoms with van der Waals surface area (Å²) >= 11 is 0. The molecule has 0 spiro atoms. The van der Waals surface area contributed by atoms with E-state index in [9.17, 15) is 4.79 Å². The Morgan fingerprint density at radius 1 is 1.32 bits per heavy atom. The number of hydrogen-bond donors (Lipinski definition) is 2. The van der Waals surface area contributed by atoms with Crippen molar-refractivity contribution in [2.24, 2.45) is 16.1 Å². The Bertz CT molecular complexity index is 520. The molecule has 0 atom stereocenters. The molecule has 5 heteroatoms. The van der Waals surface area contributed by atoms with Crippen LogP contribution in [-0.4, -0.2) is 36.9 Å². The lowest BCUT2D eigenvalue weighted by Crippen LogP contribution is -2.40. The summed E-state index contributed by atoms with van der Waals surface area (Å²) in [4.78, 5) is 18.0. The van der Waals surface area contributed by atoms with E-state index in [4.69, 9.17) is 5.73 Å².